The summed E-state index contributed by atoms with van der Waals surface area (Å²) < 4.78 is 26.0. The Hall–Kier alpha value is -3.39. The lowest BCUT2D eigenvalue weighted by Gasteiger charge is -2.31. The number of hydrogen-bond donors (Lipinski definition) is 1. The number of nitrogens with zero attached hydrogens (tertiary/aromatic N) is 2. The summed E-state index contributed by atoms with van der Waals surface area (Å²) in [7, 11) is -1.67. The Balaban J connectivity index is 1.67. The molecule has 170 valence electrons. The zero-order valence-electron chi connectivity index (χ0n) is 18.5. The van der Waals surface area contributed by atoms with E-state index in [1.165, 1.54) is 10.8 Å². The van der Waals surface area contributed by atoms with Crippen LogP contribution in [0.5, 0.6) is 0 Å². The SMILES string of the molecule is Cn1ccc2c(c1=O)C1=C3C(=CN(C(=O)Cc4ccccc4)C3CCN1)C=C2CS(C)(=O)=O. The van der Waals surface area contributed by atoms with E-state index < -0.39 is 9.84 Å². The number of rotatable bonds is 4. The fourth-order valence-electron chi connectivity index (χ4n) is 4.92. The standard InChI is InChI=1S/C25H25N3O4S/c1-27-11-9-19-18(15-33(2,31)32)13-17-14-28(21(29)12-16-6-4-3-5-7-16)20-8-10-26-24(22(17)20)23(19)25(27)30/h3-7,9,11,13-14,20,26H,8,10,12,15H2,1-2H3. The summed E-state index contributed by atoms with van der Waals surface area (Å²) in [6.45, 7) is 0.610. The van der Waals surface area contributed by atoms with Gasteiger partial charge in [0.2, 0.25) is 5.91 Å². The molecule has 3 aliphatic rings. The Kier molecular flexibility index (Phi) is 5.12. The first-order chi connectivity index (χ1) is 15.7. The van der Waals surface area contributed by atoms with Crippen LogP contribution in [-0.2, 0) is 28.1 Å². The number of sulfone groups is 1. The third-order valence-corrected chi connectivity index (χ3v) is 7.18. The quantitative estimate of drug-likeness (QED) is 0.748. The molecule has 2 aliphatic heterocycles. The second-order valence-electron chi connectivity index (χ2n) is 8.83. The van der Waals surface area contributed by atoms with Crippen molar-refractivity contribution in [3.8, 4) is 0 Å². The van der Waals surface area contributed by atoms with Gasteiger partial charge in [0.05, 0.1) is 29.5 Å². The normalized spacial score (nSPS) is 19.2. The van der Waals surface area contributed by atoms with Gasteiger partial charge in [-0.25, -0.2) is 8.42 Å². The molecule has 0 radical (unpaired) electrons. The van der Waals surface area contributed by atoms with Crippen LogP contribution in [0.25, 0.3) is 11.3 Å². The molecule has 1 aromatic carbocycles. The zero-order valence-corrected chi connectivity index (χ0v) is 19.4. The molecule has 0 fully saturated rings. The Morgan fingerprint density at radius 1 is 1.18 bits per heavy atom. The summed E-state index contributed by atoms with van der Waals surface area (Å²) in [4.78, 5) is 28.3. The van der Waals surface area contributed by atoms with Gasteiger partial charge >= 0.3 is 0 Å². The van der Waals surface area contributed by atoms with E-state index in [-0.39, 0.29) is 29.7 Å². The molecule has 1 unspecified atom stereocenters. The number of amides is 1. The summed E-state index contributed by atoms with van der Waals surface area (Å²) >= 11 is 0. The van der Waals surface area contributed by atoms with Crippen LogP contribution < -0.4 is 10.9 Å². The molecule has 5 rings (SSSR count). The first kappa shape index (κ1) is 21.5. The smallest absolute Gasteiger partial charge is 0.260 e. The second kappa shape index (κ2) is 7.88. The third-order valence-electron chi connectivity index (χ3n) is 6.34. The van der Waals surface area contributed by atoms with Crippen molar-refractivity contribution in [2.45, 2.75) is 18.9 Å². The molecule has 8 heteroatoms. The van der Waals surface area contributed by atoms with E-state index in [2.05, 4.69) is 5.32 Å². The number of nitrogens with one attached hydrogen (secondary N) is 1. The van der Waals surface area contributed by atoms with Crippen LogP contribution in [-0.4, -0.2) is 48.4 Å². The zero-order chi connectivity index (χ0) is 23.3. The minimum Gasteiger partial charge on any atom is -0.384 e. The minimum absolute atomic E-state index is 0.0280. The number of aromatic nitrogens is 1. The van der Waals surface area contributed by atoms with Gasteiger partial charge in [-0.15, -0.1) is 0 Å². The lowest BCUT2D eigenvalue weighted by molar-refractivity contribution is -0.128. The Morgan fingerprint density at radius 2 is 1.94 bits per heavy atom. The van der Waals surface area contributed by atoms with Crippen LogP contribution in [0.15, 0.2) is 70.8 Å². The molecule has 3 heterocycles. The highest BCUT2D eigenvalue weighted by atomic mass is 32.2. The number of aryl methyl sites for hydroxylation is 1. The Bertz CT molecular complexity index is 1420. The summed E-state index contributed by atoms with van der Waals surface area (Å²) in [5.74, 6) is -0.215. The molecule has 33 heavy (non-hydrogen) atoms. The van der Waals surface area contributed by atoms with E-state index >= 15 is 0 Å². The monoisotopic (exact) mass is 463 g/mol. The molecule has 0 saturated carbocycles. The van der Waals surface area contributed by atoms with E-state index in [1.54, 1.807) is 24.2 Å². The lowest BCUT2D eigenvalue weighted by Crippen LogP contribution is -2.41. The molecular formula is C25H25N3O4S. The van der Waals surface area contributed by atoms with Crippen molar-refractivity contribution in [2.24, 2.45) is 7.05 Å². The number of pyridine rings is 1. The predicted molar refractivity (Wildman–Crippen MR) is 128 cm³/mol. The summed E-state index contributed by atoms with van der Waals surface area (Å²) in [6.07, 6.45) is 7.47. The van der Waals surface area contributed by atoms with Crippen molar-refractivity contribution in [2.75, 3.05) is 18.6 Å². The predicted octanol–water partition coefficient (Wildman–Crippen LogP) is 1.87. The molecule has 7 nitrogen and oxygen atoms in total. The van der Waals surface area contributed by atoms with Crippen molar-refractivity contribution in [1.82, 2.24) is 14.8 Å². The van der Waals surface area contributed by atoms with Gasteiger partial charge in [0.15, 0.2) is 9.84 Å². The van der Waals surface area contributed by atoms with Crippen LogP contribution >= 0.6 is 0 Å². The molecule has 1 atom stereocenters. The van der Waals surface area contributed by atoms with Crippen LogP contribution in [0.2, 0.25) is 0 Å². The Labute approximate surface area is 192 Å². The van der Waals surface area contributed by atoms with E-state index in [9.17, 15) is 18.0 Å². The molecule has 2 aromatic rings. The van der Waals surface area contributed by atoms with Gasteiger partial charge in [0.25, 0.3) is 5.56 Å². The molecule has 0 bridgehead atoms. The van der Waals surface area contributed by atoms with Crippen LogP contribution in [0.1, 0.15) is 23.1 Å². The maximum atomic E-state index is 13.3. The van der Waals surface area contributed by atoms with Gasteiger partial charge in [-0.2, -0.15) is 0 Å². The van der Waals surface area contributed by atoms with E-state index in [1.807, 2.05) is 42.6 Å². The lowest BCUT2D eigenvalue weighted by atomic mass is 9.92. The molecular weight excluding hydrogens is 438 g/mol. The largest absolute Gasteiger partial charge is 0.384 e. The van der Waals surface area contributed by atoms with Crippen molar-refractivity contribution < 1.29 is 13.2 Å². The fourth-order valence-corrected chi connectivity index (χ4v) is 5.72. The highest BCUT2D eigenvalue weighted by molar-refractivity contribution is 7.91. The van der Waals surface area contributed by atoms with Gasteiger partial charge in [0.1, 0.15) is 0 Å². The maximum Gasteiger partial charge on any atom is 0.260 e. The van der Waals surface area contributed by atoms with Crippen LogP contribution in [0.4, 0.5) is 0 Å². The second-order valence-corrected chi connectivity index (χ2v) is 11.0. The molecule has 1 amide bonds. The summed E-state index contributed by atoms with van der Waals surface area (Å²) in [6, 6.07) is 11.2. The van der Waals surface area contributed by atoms with E-state index in [0.29, 0.717) is 35.4 Å². The maximum absolute atomic E-state index is 13.3. The number of carbonyl (C=O) groups is 1. The van der Waals surface area contributed by atoms with Crippen molar-refractivity contribution in [3.05, 3.63) is 93.1 Å². The molecule has 1 N–H and O–H groups in total. The fraction of sp³-hybridized carbons (Fsp3) is 0.280. The van der Waals surface area contributed by atoms with Crippen molar-refractivity contribution in [3.63, 3.8) is 0 Å². The van der Waals surface area contributed by atoms with E-state index in [0.717, 1.165) is 16.7 Å². The highest BCUT2D eigenvalue weighted by Gasteiger charge is 2.40. The number of benzene rings is 1. The van der Waals surface area contributed by atoms with Gasteiger partial charge < -0.3 is 14.8 Å². The summed E-state index contributed by atoms with van der Waals surface area (Å²) in [5.41, 5.74) is 4.75. The van der Waals surface area contributed by atoms with Crippen LogP contribution in [0.3, 0.4) is 0 Å². The van der Waals surface area contributed by atoms with Crippen LogP contribution in [0, 0.1) is 0 Å². The van der Waals surface area contributed by atoms with Crippen molar-refractivity contribution in [1.29, 1.82) is 0 Å². The first-order valence-corrected chi connectivity index (χ1v) is 12.9. The highest BCUT2D eigenvalue weighted by Crippen LogP contribution is 2.42. The van der Waals surface area contributed by atoms with Gasteiger partial charge in [-0.3, -0.25) is 9.59 Å². The Morgan fingerprint density at radius 3 is 2.67 bits per heavy atom. The minimum atomic E-state index is -3.35. The summed E-state index contributed by atoms with van der Waals surface area (Å²) in [5, 5.41) is 3.38. The number of carbonyl (C=O) groups excluding carboxylic acids is 1. The topological polar surface area (TPSA) is 88.5 Å². The molecule has 1 aromatic heterocycles. The molecule has 0 spiro atoms. The number of allylic oxidation sites excluding steroid dienone is 1. The van der Waals surface area contributed by atoms with Gasteiger partial charge in [-0.1, -0.05) is 30.3 Å². The van der Waals surface area contributed by atoms with E-state index in [4.69, 9.17) is 0 Å². The average molecular weight is 464 g/mol. The number of hydrogen-bond acceptors (Lipinski definition) is 5. The van der Waals surface area contributed by atoms with Crippen molar-refractivity contribution >= 4 is 27.0 Å². The molecule has 1 aliphatic carbocycles. The first-order valence-electron chi connectivity index (χ1n) is 10.9. The van der Waals surface area contributed by atoms with Gasteiger partial charge in [0, 0.05) is 37.8 Å². The molecule has 0 saturated heterocycles. The van der Waals surface area contributed by atoms with Gasteiger partial charge in [-0.05, 0) is 40.8 Å². The third kappa shape index (κ3) is 3.84. The number of fused-ring (bicyclic) bond motifs is 2. The average Bonchev–Trinajstić information content (AvgIpc) is 3.07.